The molecule has 2 aromatic heterocycles. The molecule has 3 rings (SSSR count). The van der Waals surface area contributed by atoms with Crippen LogP contribution in [0, 0.1) is 6.92 Å². The molecule has 0 saturated carbocycles. The molecule has 0 radical (unpaired) electrons. The fourth-order valence-corrected chi connectivity index (χ4v) is 3.99. The highest BCUT2D eigenvalue weighted by Gasteiger charge is 2.15. The SMILES string of the molecule is Cc1nc(CSc2ccccc2C(=O)OCC(=O)Nc2ccc(Cl)cn2)cs1. The van der Waals surface area contributed by atoms with Crippen LogP contribution in [-0.2, 0) is 15.3 Å². The molecule has 0 unspecified atom stereocenters. The first-order valence-corrected chi connectivity index (χ1v) is 10.5. The summed E-state index contributed by atoms with van der Waals surface area (Å²) in [5.74, 6) is -0.0554. The fraction of sp³-hybridized carbons (Fsp3) is 0.158. The molecular weight excluding hydrogens is 418 g/mol. The molecule has 0 bridgehead atoms. The van der Waals surface area contributed by atoms with Crippen LogP contribution in [0.4, 0.5) is 5.82 Å². The number of aromatic nitrogens is 2. The molecule has 0 fully saturated rings. The van der Waals surface area contributed by atoms with Gasteiger partial charge in [0.2, 0.25) is 0 Å². The van der Waals surface area contributed by atoms with E-state index in [1.54, 1.807) is 35.6 Å². The zero-order valence-corrected chi connectivity index (χ0v) is 17.2. The van der Waals surface area contributed by atoms with Gasteiger partial charge in [0.15, 0.2) is 6.61 Å². The molecule has 2 heterocycles. The second kappa shape index (κ2) is 9.68. The summed E-state index contributed by atoms with van der Waals surface area (Å²) in [5.41, 5.74) is 1.38. The van der Waals surface area contributed by atoms with E-state index in [9.17, 15) is 9.59 Å². The Morgan fingerprint density at radius 2 is 2.07 bits per heavy atom. The number of esters is 1. The van der Waals surface area contributed by atoms with Crippen LogP contribution in [0.15, 0.2) is 52.9 Å². The number of ether oxygens (including phenoxy) is 1. The van der Waals surface area contributed by atoms with Crippen molar-refractivity contribution in [2.45, 2.75) is 17.6 Å². The molecule has 3 aromatic rings. The number of thioether (sulfide) groups is 1. The van der Waals surface area contributed by atoms with Crippen molar-refractivity contribution in [2.75, 3.05) is 11.9 Å². The number of thiazole rings is 1. The minimum Gasteiger partial charge on any atom is -0.452 e. The van der Waals surface area contributed by atoms with Crippen LogP contribution in [-0.4, -0.2) is 28.5 Å². The summed E-state index contributed by atoms with van der Waals surface area (Å²) in [6, 6.07) is 10.3. The fourth-order valence-electron chi connectivity index (χ4n) is 2.22. The number of anilines is 1. The normalized spacial score (nSPS) is 10.5. The number of hydrogen-bond acceptors (Lipinski definition) is 7. The number of aryl methyl sites for hydroxylation is 1. The van der Waals surface area contributed by atoms with E-state index < -0.39 is 18.5 Å². The highest BCUT2D eigenvalue weighted by molar-refractivity contribution is 7.98. The van der Waals surface area contributed by atoms with E-state index in [2.05, 4.69) is 15.3 Å². The lowest BCUT2D eigenvalue weighted by Crippen LogP contribution is -2.21. The quantitative estimate of drug-likeness (QED) is 0.433. The predicted molar refractivity (Wildman–Crippen MR) is 111 cm³/mol. The van der Waals surface area contributed by atoms with Crippen LogP contribution >= 0.6 is 34.7 Å². The van der Waals surface area contributed by atoms with Gasteiger partial charge in [0, 0.05) is 22.2 Å². The van der Waals surface area contributed by atoms with Gasteiger partial charge in [-0.05, 0) is 31.2 Å². The van der Waals surface area contributed by atoms with Gasteiger partial charge in [0.1, 0.15) is 5.82 Å². The van der Waals surface area contributed by atoms with E-state index >= 15 is 0 Å². The lowest BCUT2D eigenvalue weighted by atomic mass is 10.2. The average molecular weight is 434 g/mol. The largest absolute Gasteiger partial charge is 0.452 e. The second-order valence-corrected chi connectivity index (χ2v) is 8.14. The van der Waals surface area contributed by atoms with Gasteiger partial charge in [-0.2, -0.15) is 0 Å². The highest BCUT2D eigenvalue weighted by atomic mass is 35.5. The van der Waals surface area contributed by atoms with Crippen molar-refractivity contribution < 1.29 is 14.3 Å². The van der Waals surface area contributed by atoms with E-state index in [4.69, 9.17) is 16.3 Å². The van der Waals surface area contributed by atoms with Crippen molar-refractivity contribution in [3.8, 4) is 0 Å². The first kappa shape index (κ1) is 20.3. The monoisotopic (exact) mass is 433 g/mol. The van der Waals surface area contributed by atoms with Crippen LogP contribution in [0.1, 0.15) is 21.1 Å². The van der Waals surface area contributed by atoms with Crippen molar-refractivity contribution in [3.05, 3.63) is 69.3 Å². The molecular formula is C19H16ClN3O3S2. The zero-order chi connectivity index (χ0) is 19.9. The van der Waals surface area contributed by atoms with Crippen LogP contribution in [0.5, 0.6) is 0 Å². The maximum atomic E-state index is 12.4. The minimum absolute atomic E-state index is 0.333. The molecule has 9 heteroatoms. The Morgan fingerprint density at radius 1 is 1.25 bits per heavy atom. The Balaban J connectivity index is 1.56. The molecule has 1 aromatic carbocycles. The number of pyridine rings is 1. The number of hydrogen-bond donors (Lipinski definition) is 1. The molecule has 0 aliphatic carbocycles. The Labute approximate surface area is 175 Å². The number of nitrogens with one attached hydrogen (secondary N) is 1. The standard InChI is InChI=1S/C19H16ClN3O3S2/c1-12-22-14(10-27-12)11-28-16-5-3-2-4-15(16)19(25)26-9-18(24)23-17-7-6-13(20)8-21-17/h2-8,10H,9,11H2,1H3,(H,21,23,24). The van der Waals surface area contributed by atoms with E-state index in [0.29, 0.717) is 22.2 Å². The third kappa shape index (κ3) is 5.79. The predicted octanol–water partition coefficient (Wildman–Crippen LogP) is 4.59. The molecule has 6 nitrogen and oxygen atoms in total. The van der Waals surface area contributed by atoms with Crippen molar-refractivity contribution in [3.63, 3.8) is 0 Å². The molecule has 1 N–H and O–H groups in total. The van der Waals surface area contributed by atoms with Gasteiger partial charge in [-0.25, -0.2) is 14.8 Å². The van der Waals surface area contributed by atoms with Crippen LogP contribution in [0.25, 0.3) is 0 Å². The van der Waals surface area contributed by atoms with E-state index in [-0.39, 0.29) is 0 Å². The van der Waals surface area contributed by atoms with Gasteiger partial charge in [-0.1, -0.05) is 23.7 Å². The van der Waals surface area contributed by atoms with Gasteiger partial charge in [0.25, 0.3) is 5.91 Å². The lowest BCUT2D eigenvalue weighted by molar-refractivity contribution is -0.119. The van der Waals surface area contributed by atoms with Gasteiger partial charge >= 0.3 is 5.97 Å². The molecule has 0 spiro atoms. The van der Waals surface area contributed by atoms with E-state index in [1.807, 2.05) is 24.4 Å². The van der Waals surface area contributed by atoms with Gasteiger partial charge < -0.3 is 10.1 Å². The smallest absolute Gasteiger partial charge is 0.339 e. The first-order valence-electron chi connectivity index (χ1n) is 8.22. The number of amides is 1. The van der Waals surface area contributed by atoms with Crippen molar-refractivity contribution in [1.82, 2.24) is 9.97 Å². The summed E-state index contributed by atoms with van der Waals surface area (Å²) in [6.07, 6.45) is 1.42. The summed E-state index contributed by atoms with van der Waals surface area (Å²) < 4.78 is 5.15. The van der Waals surface area contributed by atoms with Crippen molar-refractivity contribution in [2.24, 2.45) is 0 Å². The first-order chi connectivity index (χ1) is 13.5. The van der Waals surface area contributed by atoms with Crippen LogP contribution in [0.3, 0.4) is 0 Å². The Morgan fingerprint density at radius 3 is 2.79 bits per heavy atom. The summed E-state index contributed by atoms with van der Waals surface area (Å²) in [5, 5.41) is 6.01. The van der Waals surface area contributed by atoms with Gasteiger partial charge in [-0.3, -0.25) is 4.79 Å². The molecule has 1 amide bonds. The summed E-state index contributed by atoms with van der Waals surface area (Å²) >= 11 is 8.84. The van der Waals surface area contributed by atoms with Crippen molar-refractivity contribution >= 4 is 52.4 Å². The topological polar surface area (TPSA) is 81.2 Å². The summed E-state index contributed by atoms with van der Waals surface area (Å²) in [4.78, 5) is 33.5. The van der Waals surface area contributed by atoms with Crippen LogP contribution < -0.4 is 5.32 Å². The molecule has 0 aliphatic heterocycles. The average Bonchev–Trinajstić information content (AvgIpc) is 3.12. The Hall–Kier alpha value is -2.42. The molecule has 0 aliphatic rings. The van der Waals surface area contributed by atoms with E-state index in [0.717, 1.165) is 15.6 Å². The third-order valence-corrected chi connectivity index (χ3v) is 5.63. The van der Waals surface area contributed by atoms with E-state index in [1.165, 1.54) is 18.0 Å². The summed E-state index contributed by atoms with van der Waals surface area (Å²) in [7, 11) is 0. The van der Waals surface area contributed by atoms with Crippen molar-refractivity contribution in [1.29, 1.82) is 0 Å². The number of carbonyl (C=O) groups excluding carboxylic acids is 2. The molecule has 0 saturated heterocycles. The molecule has 28 heavy (non-hydrogen) atoms. The van der Waals surface area contributed by atoms with Crippen LogP contribution in [0.2, 0.25) is 5.02 Å². The zero-order valence-electron chi connectivity index (χ0n) is 14.8. The Kier molecular flexibility index (Phi) is 7.02. The van der Waals surface area contributed by atoms with Gasteiger partial charge in [0.05, 0.1) is 21.3 Å². The third-order valence-electron chi connectivity index (χ3n) is 3.48. The number of nitrogens with zero attached hydrogens (tertiary/aromatic N) is 2. The highest BCUT2D eigenvalue weighted by Crippen LogP contribution is 2.27. The lowest BCUT2D eigenvalue weighted by Gasteiger charge is -2.09. The number of benzene rings is 1. The minimum atomic E-state index is -0.559. The maximum absolute atomic E-state index is 12.4. The summed E-state index contributed by atoms with van der Waals surface area (Å²) in [6.45, 7) is 1.54. The Bertz CT molecular complexity index is 977. The number of rotatable bonds is 7. The number of carbonyl (C=O) groups is 2. The second-order valence-electron chi connectivity index (χ2n) is 5.63. The maximum Gasteiger partial charge on any atom is 0.339 e. The number of halogens is 1. The van der Waals surface area contributed by atoms with Gasteiger partial charge in [-0.15, -0.1) is 23.1 Å². The molecule has 144 valence electrons. The molecule has 0 atom stereocenters.